The van der Waals surface area contributed by atoms with Crippen LogP contribution in [0.25, 0.3) is 11.0 Å². The van der Waals surface area contributed by atoms with E-state index in [0.29, 0.717) is 6.42 Å². The van der Waals surface area contributed by atoms with Gasteiger partial charge in [-0.1, -0.05) is 42.1 Å². The summed E-state index contributed by atoms with van der Waals surface area (Å²) in [5.41, 5.74) is 2.69. The highest BCUT2D eigenvalue weighted by molar-refractivity contribution is 7.99. The van der Waals surface area contributed by atoms with Gasteiger partial charge in [0.2, 0.25) is 5.91 Å². The van der Waals surface area contributed by atoms with E-state index in [2.05, 4.69) is 18.4 Å². The number of benzene rings is 2. The van der Waals surface area contributed by atoms with Gasteiger partial charge >= 0.3 is 0 Å². The van der Waals surface area contributed by atoms with E-state index < -0.39 is 9.84 Å². The van der Waals surface area contributed by atoms with Crippen molar-refractivity contribution in [1.29, 1.82) is 0 Å². The summed E-state index contributed by atoms with van der Waals surface area (Å²) in [6.45, 7) is 4.19. The van der Waals surface area contributed by atoms with Crippen LogP contribution in [0.2, 0.25) is 0 Å². The van der Waals surface area contributed by atoms with E-state index in [9.17, 15) is 13.2 Å². The highest BCUT2D eigenvalue weighted by Gasteiger charge is 2.35. The molecule has 1 saturated heterocycles. The van der Waals surface area contributed by atoms with Crippen LogP contribution in [0, 0.1) is 0 Å². The number of aromatic nitrogens is 2. The smallest absolute Gasteiger partial charge is 0.237 e. The fourth-order valence-corrected chi connectivity index (χ4v) is 6.65. The highest BCUT2D eigenvalue weighted by Crippen LogP contribution is 2.30. The monoisotopic (exact) mass is 443 g/mol. The molecular formula is C22H25N3O3S2. The third-order valence-electron chi connectivity index (χ3n) is 5.28. The van der Waals surface area contributed by atoms with Crippen molar-refractivity contribution in [3.8, 4) is 0 Å². The summed E-state index contributed by atoms with van der Waals surface area (Å²) in [6, 6.07) is 17.2. The van der Waals surface area contributed by atoms with E-state index in [1.54, 1.807) is 4.90 Å². The molecule has 1 atom stereocenters. The summed E-state index contributed by atoms with van der Waals surface area (Å²) < 4.78 is 26.2. The second-order valence-corrected chi connectivity index (χ2v) is 11.0. The molecule has 0 radical (unpaired) electrons. The Morgan fingerprint density at radius 2 is 1.87 bits per heavy atom. The number of imidazole rings is 1. The Kier molecular flexibility index (Phi) is 5.88. The van der Waals surface area contributed by atoms with Crippen LogP contribution >= 0.6 is 11.8 Å². The lowest BCUT2D eigenvalue weighted by molar-refractivity contribution is -0.116. The van der Waals surface area contributed by atoms with Gasteiger partial charge in [0.05, 0.1) is 34.3 Å². The maximum Gasteiger partial charge on any atom is 0.237 e. The molecule has 158 valence electrons. The van der Waals surface area contributed by atoms with Gasteiger partial charge in [-0.2, -0.15) is 0 Å². The predicted octanol–water partition coefficient (Wildman–Crippen LogP) is 3.93. The van der Waals surface area contributed by atoms with Crippen molar-refractivity contribution in [2.75, 3.05) is 22.2 Å². The lowest BCUT2D eigenvalue weighted by atomic mass is 10.2. The molecule has 0 bridgehead atoms. The standard InChI is InChI=1S/C22H25N3O3S2/c1-16(2)24-20-11-7-6-10-19(20)23-22(24)29-14-21(26)25(17-8-4-3-5-9-17)18-12-13-30(27,28)15-18/h3-11,16,18H,12-15H2,1-2H3. The molecule has 1 aromatic heterocycles. The molecule has 2 aromatic carbocycles. The SMILES string of the molecule is CC(C)n1c(SCC(=O)N(c2ccccc2)C2CCS(=O)(=O)C2)nc2ccccc21. The third kappa shape index (κ3) is 4.25. The van der Waals surface area contributed by atoms with Crippen molar-refractivity contribution >= 4 is 44.2 Å². The maximum atomic E-state index is 13.3. The fourth-order valence-electron chi connectivity index (χ4n) is 3.95. The first-order chi connectivity index (χ1) is 14.4. The molecule has 8 heteroatoms. The van der Waals surface area contributed by atoms with Crippen LogP contribution in [-0.2, 0) is 14.6 Å². The number of thioether (sulfide) groups is 1. The molecule has 6 nitrogen and oxygen atoms in total. The Morgan fingerprint density at radius 1 is 1.17 bits per heavy atom. The van der Waals surface area contributed by atoms with E-state index in [4.69, 9.17) is 4.98 Å². The number of anilines is 1. The number of nitrogens with zero attached hydrogens (tertiary/aromatic N) is 3. The first kappa shape index (κ1) is 20.9. The minimum absolute atomic E-state index is 0.0167. The van der Waals surface area contributed by atoms with Crippen LogP contribution in [-0.4, -0.2) is 47.2 Å². The van der Waals surface area contributed by atoms with Crippen LogP contribution in [0.1, 0.15) is 26.3 Å². The molecule has 30 heavy (non-hydrogen) atoms. The number of hydrogen-bond donors (Lipinski definition) is 0. The van der Waals surface area contributed by atoms with Crippen LogP contribution in [0.15, 0.2) is 59.8 Å². The van der Waals surface area contributed by atoms with Gasteiger partial charge in [-0.15, -0.1) is 0 Å². The van der Waals surface area contributed by atoms with E-state index >= 15 is 0 Å². The first-order valence-electron chi connectivity index (χ1n) is 10.0. The van der Waals surface area contributed by atoms with Gasteiger partial charge < -0.3 is 9.47 Å². The number of hydrogen-bond acceptors (Lipinski definition) is 5. The molecule has 1 aliphatic heterocycles. The third-order valence-corrected chi connectivity index (χ3v) is 7.97. The zero-order chi connectivity index (χ0) is 21.3. The van der Waals surface area contributed by atoms with Crippen molar-refractivity contribution in [3.63, 3.8) is 0 Å². The molecule has 1 fully saturated rings. The lowest BCUT2D eigenvalue weighted by Gasteiger charge is -2.28. The first-order valence-corrected chi connectivity index (χ1v) is 12.8. The predicted molar refractivity (Wildman–Crippen MR) is 122 cm³/mol. The van der Waals surface area contributed by atoms with Crippen molar-refractivity contribution in [2.45, 2.75) is 37.5 Å². The molecule has 0 aliphatic carbocycles. The molecule has 2 heterocycles. The van der Waals surface area contributed by atoms with E-state index in [1.807, 2.05) is 54.6 Å². The van der Waals surface area contributed by atoms with E-state index in [-0.39, 0.29) is 35.2 Å². The molecule has 1 amide bonds. The number of fused-ring (bicyclic) bond motifs is 1. The highest BCUT2D eigenvalue weighted by atomic mass is 32.2. The summed E-state index contributed by atoms with van der Waals surface area (Å²) >= 11 is 1.40. The second kappa shape index (κ2) is 8.43. The summed E-state index contributed by atoms with van der Waals surface area (Å²) in [6.07, 6.45) is 0.470. The van der Waals surface area contributed by atoms with Crippen molar-refractivity contribution < 1.29 is 13.2 Å². The summed E-state index contributed by atoms with van der Waals surface area (Å²) in [4.78, 5) is 19.7. The number of carbonyl (C=O) groups excluding carboxylic acids is 1. The van der Waals surface area contributed by atoms with Crippen LogP contribution in [0.5, 0.6) is 0 Å². The summed E-state index contributed by atoms with van der Waals surface area (Å²) in [5, 5.41) is 0.798. The van der Waals surface area contributed by atoms with Crippen molar-refractivity contribution in [1.82, 2.24) is 9.55 Å². The zero-order valence-corrected chi connectivity index (χ0v) is 18.7. The van der Waals surface area contributed by atoms with Crippen LogP contribution < -0.4 is 4.90 Å². The number of carbonyl (C=O) groups is 1. The Labute approximate surface area is 181 Å². The van der Waals surface area contributed by atoms with Gasteiger partial charge in [-0.25, -0.2) is 13.4 Å². The quantitative estimate of drug-likeness (QED) is 0.540. The number of amides is 1. The van der Waals surface area contributed by atoms with E-state index in [0.717, 1.165) is 21.9 Å². The Morgan fingerprint density at radius 3 is 2.53 bits per heavy atom. The molecule has 0 spiro atoms. The molecule has 3 aromatic rings. The van der Waals surface area contributed by atoms with Gasteiger partial charge in [-0.3, -0.25) is 4.79 Å². The Hall–Kier alpha value is -2.32. The number of para-hydroxylation sites is 3. The minimum atomic E-state index is -3.10. The lowest BCUT2D eigenvalue weighted by Crippen LogP contribution is -2.42. The van der Waals surface area contributed by atoms with Gasteiger partial charge in [-0.05, 0) is 44.5 Å². The normalized spacial score (nSPS) is 18.2. The van der Waals surface area contributed by atoms with Gasteiger partial charge in [0.25, 0.3) is 0 Å². The van der Waals surface area contributed by atoms with Gasteiger partial charge in [0.1, 0.15) is 0 Å². The molecule has 4 rings (SSSR count). The van der Waals surface area contributed by atoms with Gasteiger partial charge in [0.15, 0.2) is 15.0 Å². The molecule has 1 unspecified atom stereocenters. The fraction of sp³-hybridized carbons (Fsp3) is 0.364. The largest absolute Gasteiger partial charge is 0.316 e. The second-order valence-electron chi connectivity index (χ2n) is 7.79. The zero-order valence-electron chi connectivity index (χ0n) is 17.1. The average molecular weight is 444 g/mol. The molecular weight excluding hydrogens is 418 g/mol. The van der Waals surface area contributed by atoms with Crippen molar-refractivity contribution in [3.05, 3.63) is 54.6 Å². The van der Waals surface area contributed by atoms with Crippen LogP contribution in [0.3, 0.4) is 0 Å². The molecule has 0 saturated carbocycles. The Bertz CT molecular complexity index is 1160. The number of sulfone groups is 1. The number of rotatable bonds is 6. The molecule has 1 aliphatic rings. The average Bonchev–Trinajstić information content (AvgIpc) is 3.27. The Balaban J connectivity index is 1.59. The minimum Gasteiger partial charge on any atom is -0.316 e. The molecule has 0 N–H and O–H groups in total. The maximum absolute atomic E-state index is 13.3. The summed E-state index contributed by atoms with van der Waals surface area (Å²) in [7, 11) is -3.10. The van der Waals surface area contributed by atoms with Crippen LogP contribution in [0.4, 0.5) is 5.69 Å². The summed E-state index contributed by atoms with van der Waals surface area (Å²) in [5.74, 6) is 0.241. The van der Waals surface area contributed by atoms with E-state index in [1.165, 1.54) is 11.8 Å². The topological polar surface area (TPSA) is 72.3 Å². The van der Waals surface area contributed by atoms with Crippen molar-refractivity contribution in [2.24, 2.45) is 0 Å². The van der Waals surface area contributed by atoms with Gasteiger partial charge in [0, 0.05) is 11.7 Å².